The van der Waals surface area contributed by atoms with Crippen molar-refractivity contribution in [1.29, 1.82) is 0 Å². The van der Waals surface area contributed by atoms with Crippen LogP contribution in [0.4, 0.5) is 0 Å². The molecular weight excluding hydrogens is 398 g/mol. The fourth-order valence-electron chi connectivity index (χ4n) is 4.16. The van der Waals surface area contributed by atoms with Gasteiger partial charge in [-0.25, -0.2) is 0 Å². The van der Waals surface area contributed by atoms with E-state index in [1.54, 1.807) is 14.2 Å². The van der Waals surface area contributed by atoms with Gasteiger partial charge in [-0.05, 0) is 59.9 Å². The summed E-state index contributed by atoms with van der Waals surface area (Å²) >= 11 is 6.61. The van der Waals surface area contributed by atoms with Crippen molar-refractivity contribution in [2.24, 2.45) is 0 Å². The maximum atomic E-state index is 13.6. The second-order valence-corrected chi connectivity index (χ2v) is 7.80. The highest BCUT2D eigenvalue weighted by Gasteiger charge is 2.35. The first-order valence-electron chi connectivity index (χ1n) is 9.91. The molecule has 0 fully saturated rings. The molecule has 1 aliphatic heterocycles. The molecule has 3 aromatic rings. The van der Waals surface area contributed by atoms with Gasteiger partial charge in [0.15, 0.2) is 11.5 Å². The highest BCUT2D eigenvalue weighted by Crippen LogP contribution is 2.43. The molecule has 0 aliphatic carbocycles. The largest absolute Gasteiger partial charge is 0.493 e. The fourth-order valence-corrected chi connectivity index (χ4v) is 4.40. The van der Waals surface area contributed by atoms with Crippen LogP contribution in [-0.4, -0.2) is 31.6 Å². The lowest BCUT2D eigenvalue weighted by Gasteiger charge is -2.38. The third kappa shape index (κ3) is 3.52. The topological polar surface area (TPSA) is 38.8 Å². The summed E-state index contributed by atoms with van der Waals surface area (Å²) in [4.78, 5) is 15.5. The lowest BCUT2D eigenvalue weighted by molar-refractivity contribution is 0.0693. The lowest BCUT2D eigenvalue weighted by Crippen LogP contribution is -2.41. The van der Waals surface area contributed by atoms with Crippen LogP contribution in [0.25, 0.3) is 0 Å². The van der Waals surface area contributed by atoms with E-state index in [0.29, 0.717) is 28.6 Å². The summed E-state index contributed by atoms with van der Waals surface area (Å²) < 4.78 is 11.0. The van der Waals surface area contributed by atoms with Gasteiger partial charge in [0, 0.05) is 17.1 Å². The fraction of sp³-hybridized carbons (Fsp3) is 0.240. The second-order valence-electron chi connectivity index (χ2n) is 7.39. The number of ether oxygens (including phenoxy) is 2. The minimum Gasteiger partial charge on any atom is -0.493 e. The molecule has 4 rings (SSSR count). The normalized spacial score (nSPS) is 15.5. The lowest BCUT2D eigenvalue weighted by atomic mass is 9.87. The van der Waals surface area contributed by atoms with Gasteiger partial charge in [-0.15, -0.1) is 0 Å². The van der Waals surface area contributed by atoms with Gasteiger partial charge in [-0.2, -0.15) is 0 Å². The molecule has 154 valence electrons. The average Bonchev–Trinajstić information content (AvgIpc) is 2.77. The van der Waals surface area contributed by atoms with Crippen LogP contribution in [0.1, 0.15) is 38.7 Å². The SMILES string of the molecule is COc1cc2c(cc1OC)C(c1ccccc1Cl)N(C(=O)c1ccccc1C)CC2. The summed E-state index contributed by atoms with van der Waals surface area (Å²) in [6, 6.07) is 19.1. The summed E-state index contributed by atoms with van der Waals surface area (Å²) in [6.07, 6.45) is 0.730. The molecule has 0 saturated heterocycles. The van der Waals surface area contributed by atoms with Crippen molar-refractivity contribution in [2.75, 3.05) is 20.8 Å². The Kier molecular flexibility index (Phi) is 5.69. The third-order valence-corrected chi connectivity index (χ3v) is 6.05. The molecule has 0 N–H and O–H groups in total. The third-order valence-electron chi connectivity index (χ3n) is 5.71. The zero-order chi connectivity index (χ0) is 21.3. The van der Waals surface area contributed by atoms with Crippen molar-refractivity contribution in [2.45, 2.75) is 19.4 Å². The zero-order valence-electron chi connectivity index (χ0n) is 17.3. The van der Waals surface area contributed by atoms with Crippen LogP contribution in [0.5, 0.6) is 11.5 Å². The van der Waals surface area contributed by atoms with Gasteiger partial charge < -0.3 is 14.4 Å². The Morgan fingerprint density at radius 3 is 2.33 bits per heavy atom. The van der Waals surface area contributed by atoms with Crippen LogP contribution in [0.15, 0.2) is 60.7 Å². The van der Waals surface area contributed by atoms with Gasteiger partial charge in [0.25, 0.3) is 5.91 Å². The highest BCUT2D eigenvalue weighted by molar-refractivity contribution is 6.31. The Labute approximate surface area is 182 Å². The van der Waals surface area contributed by atoms with Crippen molar-refractivity contribution in [1.82, 2.24) is 4.90 Å². The van der Waals surface area contributed by atoms with E-state index in [2.05, 4.69) is 0 Å². The number of carbonyl (C=O) groups excluding carboxylic acids is 1. The van der Waals surface area contributed by atoms with Crippen LogP contribution in [-0.2, 0) is 6.42 Å². The second kappa shape index (κ2) is 8.41. The maximum Gasteiger partial charge on any atom is 0.254 e. The van der Waals surface area contributed by atoms with E-state index in [1.165, 1.54) is 0 Å². The molecule has 1 unspecified atom stereocenters. The minimum atomic E-state index is -0.311. The summed E-state index contributed by atoms with van der Waals surface area (Å²) in [5.41, 5.74) is 4.70. The molecule has 1 atom stereocenters. The van der Waals surface area contributed by atoms with E-state index < -0.39 is 0 Å². The van der Waals surface area contributed by atoms with E-state index >= 15 is 0 Å². The number of rotatable bonds is 4. The van der Waals surface area contributed by atoms with Crippen LogP contribution in [0.2, 0.25) is 5.02 Å². The van der Waals surface area contributed by atoms with Crippen LogP contribution < -0.4 is 9.47 Å². The van der Waals surface area contributed by atoms with E-state index in [-0.39, 0.29) is 11.9 Å². The Hall–Kier alpha value is -2.98. The summed E-state index contributed by atoms with van der Waals surface area (Å²) in [6.45, 7) is 2.55. The number of aryl methyl sites for hydroxylation is 1. The van der Waals surface area contributed by atoms with Gasteiger partial charge in [0.2, 0.25) is 0 Å². The van der Waals surface area contributed by atoms with Crippen molar-refractivity contribution in [3.8, 4) is 11.5 Å². The Balaban J connectivity index is 1.89. The summed E-state index contributed by atoms with van der Waals surface area (Å²) in [5.74, 6) is 1.32. The van der Waals surface area contributed by atoms with Crippen molar-refractivity contribution in [3.05, 3.63) is 93.5 Å². The van der Waals surface area contributed by atoms with Crippen LogP contribution in [0, 0.1) is 6.92 Å². The van der Waals surface area contributed by atoms with Crippen LogP contribution in [0.3, 0.4) is 0 Å². The number of nitrogens with zero attached hydrogens (tertiary/aromatic N) is 1. The molecule has 1 heterocycles. The standard InChI is InChI=1S/C25H24ClNO3/c1-16-8-4-5-9-18(16)25(28)27-13-12-17-14-22(29-2)23(30-3)15-20(17)24(27)19-10-6-7-11-21(19)26/h4-11,14-15,24H,12-13H2,1-3H3. The molecule has 30 heavy (non-hydrogen) atoms. The van der Waals surface area contributed by atoms with Crippen LogP contribution >= 0.6 is 11.6 Å². The molecule has 1 aliphatic rings. The molecule has 0 radical (unpaired) electrons. The molecule has 1 amide bonds. The van der Waals surface area contributed by atoms with Gasteiger partial charge in [0.1, 0.15) is 0 Å². The number of carbonyl (C=O) groups is 1. The molecule has 0 spiro atoms. The Bertz CT molecular complexity index is 1100. The monoisotopic (exact) mass is 421 g/mol. The quantitative estimate of drug-likeness (QED) is 0.562. The van der Waals surface area contributed by atoms with Crippen molar-refractivity contribution < 1.29 is 14.3 Å². The number of benzene rings is 3. The first-order chi connectivity index (χ1) is 14.5. The molecule has 4 nitrogen and oxygen atoms in total. The Morgan fingerprint density at radius 1 is 0.967 bits per heavy atom. The predicted molar refractivity (Wildman–Crippen MR) is 119 cm³/mol. The smallest absolute Gasteiger partial charge is 0.254 e. The number of halogens is 1. The molecule has 0 bridgehead atoms. The van der Waals surface area contributed by atoms with Crippen molar-refractivity contribution in [3.63, 3.8) is 0 Å². The number of fused-ring (bicyclic) bond motifs is 1. The number of amides is 1. The first-order valence-corrected chi connectivity index (χ1v) is 10.3. The highest BCUT2D eigenvalue weighted by atomic mass is 35.5. The molecule has 3 aromatic carbocycles. The van der Waals surface area contributed by atoms with Crippen molar-refractivity contribution >= 4 is 17.5 Å². The predicted octanol–water partition coefficient (Wildman–Crippen LogP) is 5.45. The summed E-state index contributed by atoms with van der Waals surface area (Å²) in [7, 11) is 3.25. The zero-order valence-corrected chi connectivity index (χ0v) is 18.1. The van der Waals surface area contributed by atoms with E-state index in [1.807, 2.05) is 72.5 Å². The minimum absolute atomic E-state index is 0.00143. The number of methoxy groups -OCH3 is 2. The van der Waals surface area contributed by atoms with E-state index in [4.69, 9.17) is 21.1 Å². The Morgan fingerprint density at radius 2 is 1.63 bits per heavy atom. The van der Waals surface area contributed by atoms with Gasteiger partial charge in [-0.3, -0.25) is 4.79 Å². The summed E-state index contributed by atoms with van der Waals surface area (Å²) in [5, 5.41) is 0.632. The average molecular weight is 422 g/mol. The van der Waals surface area contributed by atoms with E-state index in [0.717, 1.165) is 28.7 Å². The molecular formula is C25H24ClNO3. The maximum absolute atomic E-state index is 13.6. The van der Waals surface area contributed by atoms with E-state index in [9.17, 15) is 4.79 Å². The van der Waals surface area contributed by atoms with Gasteiger partial charge in [0.05, 0.1) is 20.3 Å². The van der Waals surface area contributed by atoms with Gasteiger partial charge in [-0.1, -0.05) is 48.0 Å². The molecule has 5 heteroatoms. The number of hydrogen-bond donors (Lipinski definition) is 0. The number of hydrogen-bond acceptors (Lipinski definition) is 3. The first kappa shape index (κ1) is 20.3. The molecule has 0 aromatic heterocycles. The van der Waals surface area contributed by atoms with Gasteiger partial charge >= 0.3 is 0 Å². The molecule has 0 saturated carbocycles.